The molecule has 1 N–H and O–H groups in total. The van der Waals surface area contributed by atoms with Gasteiger partial charge in [-0.3, -0.25) is 14.5 Å². The minimum Gasteiger partial charge on any atom is -0.340 e. The maximum Gasteiger partial charge on any atom is 0.238 e. The molecule has 2 aromatic carbocycles. The summed E-state index contributed by atoms with van der Waals surface area (Å²) in [6.45, 7) is 7.07. The van der Waals surface area contributed by atoms with Gasteiger partial charge in [0.25, 0.3) is 0 Å². The molecule has 1 fully saturated rings. The van der Waals surface area contributed by atoms with Crippen molar-refractivity contribution in [3.05, 3.63) is 64.2 Å². The van der Waals surface area contributed by atoms with E-state index in [0.717, 1.165) is 22.4 Å². The van der Waals surface area contributed by atoms with Crippen molar-refractivity contribution < 1.29 is 9.59 Å². The highest BCUT2D eigenvalue weighted by atomic mass is 35.5. The fourth-order valence-electron chi connectivity index (χ4n) is 3.32. The summed E-state index contributed by atoms with van der Waals surface area (Å²) < 4.78 is 0. The number of carbonyl (C=O) groups is 2. The summed E-state index contributed by atoms with van der Waals surface area (Å²) in [5.74, 6) is 0.0939. The minimum atomic E-state index is -0.0189. The summed E-state index contributed by atoms with van der Waals surface area (Å²) in [6.07, 6.45) is 0.379. The largest absolute Gasteiger partial charge is 0.340 e. The molecule has 1 heterocycles. The first kappa shape index (κ1) is 20.4. The number of anilines is 1. The van der Waals surface area contributed by atoms with Crippen LogP contribution in [-0.2, 0) is 16.0 Å². The number of nitrogens with one attached hydrogen (secondary N) is 1. The molecule has 0 radical (unpaired) electrons. The minimum absolute atomic E-state index is 0.0189. The Kier molecular flexibility index (Phi) is 6.70. The van der Waals surface area contributed by atoms with Gasteiger partial charge in [0, 0.05) is 36.9 Å². The van der Waals surface area contributed by atoms with Crippen LogP contribution in [0.3, 0.4) is 0 Å². The first-order valence-electron chi connectivity index (χ1n) is 9.53. The van der Waals surface area contributed by atoms with Gasteiger partial charge >= 0.3 is 0 Å². The lowest BCUT2D eigenvalue weighted by atomic mass is 10.1. The third-order valence-corrected chi connectivity index (χ3v) is 5.49. The summed E-state index contributed by atoms with van der Waals surface area (Å²) in [5.41, 5.74) is 4.07. The number of nitrogens with zero attached hydrogens (tertiary/aromatic N) is 2. The normalized spacial score (nSPS) is 14.8. The Morgan fingerprint density at radius 1 is 1.00 bits per heavy atom. The highest BCUT2D eigenvalue weighted by Gasteiger charge is 2.22. The third kappa shape index (κ3) is 5.33. The van der Waals surface area contributed by atoms with Crippen molar-refractivity contribution in [2.75, 3.05) is 38.0 Å². The van der Waals surface area contributed by atoms with E-state index < -0.39 is 0 Å². The Bertz CT molecular complexity index is 843. The van der Waals surface area contributed by atoms with E-state index in [2.05, 4.69) is 10.2 Å². The molecule has 148 valence electrons. The molecule has 0 bridgehead atoms. The van der Waals surface area contributed by atoms with Gasteiger partial charge in [-0.25, -0.2) is 0 Å². The van der Waals surface area contributed by atoms with Crippen LogP contribution >= 0.6 is 11.6 Å². The van der Waals surface area contributed by atoms with Crippen LogP contribution in [-0.4, -0.2) is 54.3 Å². The maximum absolute atomic E-state index is 12.5. The lowest BCUT2D eigenvalue weighted by molar-refractivity contribution is -0.132. The van der Waals surface area contributed by atoms with Crippen LogP contribution in [0.1, 0.15) is 16.7 Å². The number of amides is 2. The van der Waals surface area contributed by atoms with Crippen LogP contribution < -0.4 is 5.32 Å². The predicted molar refractivity (Wildman–Crippen MR) is 113 cm³/mol. The number of carbonyl (C=O) groups excluding carboxylic acids is 2. The van der Waals surface area contributed by atoms with Crippen LogP contribution in [0, 0.1) is 13.8 Å². The molecule has 28 heavy (non-hydrogen) atoms. The Labute approximate surface area is 171 Å². The van der Waals surface area contributed by atoms with Crippen LogP contribution in [0.25, 0.3) is 0 Å². The fourth-order valence-corrected chi connectivity index (χ4v) is 3.45. The van der Waals surface area contributed by atoms with E-state index in [-0.39, 0.29) is 11.8 Å². The summed E-state index contributed by atoms with van der Waals surface area (Å²) in [6, 6.07) is 13.3. The lowest BCUT2D eigenvalue weighted by Gasteiger charge is -2.34. The van der Waals surface area contributed by atoms with Gasteiger partial charge in [0.2, 0.25) is 11.8 Å². The zero-order chi connectivity index (χ0) is 20.1. The van der Waals surface area contributed by atoms with Crippen LogP contribution in [0.5, 0.6) is 0 Å². The summed E-state index contributed by atoms with van der Waals surface area (Å²) >= 11 is 5.89. The molecule has 6 heteroatoms. The molecule has 2 aromatic rings. The highest BCUT2D eigenvalue weighted by molar-refractivity contribution is 6.30. The molecule has 1 saturated heterocycles. The monoisotopic (exact) mass is 399 g/mol. The van der Waals surface area contributed by atoms with Crippen molar-refractivity contribution in [1.29, 1.82) is 0 Å². The molecule has 0 unspecified atom stereocenters. The first-order valence-corrected chi connectivity index (χ1v) is 9.91. The lowest BCUT2D eigenvalue weighted by Crippen LogP contribution is -2.50. The van der Waals surface area contributed by atoms with E-state index in [1.165, 1.54) is 0 Å². The van der Waals surface area contributed by atoms with Gasteiger partial charge < -0.3 is 10.2 Å². The number of rotatable bonds is 5. The molecule has 0 spiro atoms. The summed E-state index contributed by atoms with van der Waals surface area (Å²) in [5, 5.41) is 3.67. The van der Waals surface area contributed by atoms with Crippen LogP contribution in [0.4, 0.5) is 5.69 Å². The summed E-state index contributed by atoms with van der Waals surface area (Å²) in [4.78, 5) is 28.8. The van der Waals surface area contributed by atoms with Crippen molar-refractivity contribution in [2.24, 2.45) is 0 Å². The highest BCUT2D eigenvalue weighted by Crippen LogP contribution is 2.18. The van der Waals surface area contributed by atoms with Gasteiger partial charge in [0.15, 0.2) is 0 Å². The standard InChI is InChI=1S/C22H26ClN3O2/c1-16-4-3-5-20(17(16)2)24-21(27)15-25-10-12-26(13-11-25)22(28)14-18-6-8-19(23)9-7-18/h3-9H,10-15H2,1-2H3,(H,24,27). The number of piperazine rings is 1. The molecule has 2 amide bonds. The van der Waals surface area contributed by atoms with Crippen molar-refractivity contribution in [2.45, 2.75) is 20.3 Å². The van der Waals surface area contributed by atoms with Gasteiger partial charge in [0.05, 0.1) is 13.0 Å². The smallest absolute Gasteiger partial charge is 0.238 e. The van der Waals surface area contributed by atoms with Crippen molar-refractivity contribution in [1.82, 2.24) is 9.80 Å². The molecule has 0 saturated carbocycles. The van der Waals surface area contributed by atoms with Gasteiger partial charge in [-0.2, -0.15) is 0 Å². The number of halogens is 1. The van der Waals surface area contributed by atoms with Gasteiger partial charge in [0.1, 0.15) is 0 Å². The molecule has 1 aliphatic rings. The number of hydrogen-bond donors (Lipinski definition) is 1. The maximum atomic E-state index is 12.5. The molecule has 3 rings (SSSR count). The van der Waals surface area contributed by atoms with E-state index in [1.807, 2.05) is 49.1 Å². The number of hydrogen-bond acceptors (Lipinski definition) is 3. The van der Waals surface area contributed by atoms with Gasteiger partial charge in [-0.05, 0) is 48.7 Å². The van der Waals surface area contributed by atoms with Crippen molar-refractivity contribution in [3.63, 3.8) is 0 Å². The van der Waals surface area contributed by atoms with Crippen molar-refractivity contribution >= 4 is 29.1 Å². The van der Waals surface area contributed by atoms with E-state index >= 15 is 0 Å². The van der Waals surface area contributed by atoms with Gasteiger partial charge in [-0.15, -0.1) is 0 Å². The average Bonchev–Trinajstić information content (AvgIpc) is 2.68. The Morgan fingerprint density at radius 2 is 1.68 bits per heavy atom. The van der Waals surface area contributed by atoms with Crippen LogP contribution in [0.2, 0.25) is 5.02 Å². The number of benzene rings is 2. The molecule has 5 nitrogen and oxygen atoms in total. The topological polar surface area (TPSA) is 52.7 Å². The first-order chi connectivity index (χ1) is 13.4. The second kappa shape index (κ2) is 9.22. The van der Waals surface area contributed by atoms with Crippen molar-refractivity contribution in [3.8, 4) is 0 Å². The van der Waals surface area contributed by atoms with E-state index in [0.29, 0.717) is 44.2 Å². The zero-order valence-corrected chi connectivity index (χ0v) is 17.1. The fraction of sp³-hybridized carbons (Fsp3) is 0.364. The Balaban J connectivity index is 1.45. The quantitative estimate of drug-likeness (QED) is 0.839. The van der Waals surface area contributed by atoms with E-state index in [1.54, 1.807) is 12.1 Å². The Morgan fingerprint density at radius 3 is 2.36 bits per heavy atom. The van der Waals surface area contributed by atoms with Gasteiger partial charge in [-0.1, -0.05) is 35.9 Å². The SMILES string of the molecule is Cc1cccc(NC(=O)CN2CCN(C(=O)Cc3ccc(Cl)cc3)CC2)c1C. The van der Waals surface area contributed by atoms with Crippen LogP contribution in [0.15, 0.2) is 42.5 Å². The zero-order valence-electron chi connectivity index (χ0n) is 16.4. The summed E-state index contributed by atoms with van der Waals surface area (Å²) in [7, 11) is 0. The second-order valence-corrected chi connectivity index (χ2v) is 7.69. The van der Waals surface area contributed by atoms with E-state index in [9.17, 15) is 9.59 Å². The molecule has 1 aliphatic heterocycles. The number of aryl methyl sites for hydroxylation is 1. The molecular formula is C22H26ClN3O2. The predicted octanol–water partition coefficient (Wildman–Crippen LogP) is 3.28. The second-order valence-electron chi connectivity index (χ2n) is 7.26. The average molecular weight is 400 g/mol. The third-order valence-electron chi connectivity index (χ3n) is 5.24. The molecule has 0 aromatic heterocycles. The Hall–Kier alpha value is -2.37. The molecular weight excluding hydrogens is 374 g/mol. The molecule has 0 atom stereocenters. The van der Waals surface area contributed by atoms with E-state index in [4.69, 9.17) is 11.6 Å². The molecule has 0 aliphatic carbocycles.